The van der Waals surface area contributed by atoms with E-state index in [1.807, 2.05) is 17.5 Å². The molecule has 3 N–H and O–H groups in total. The summed E-state index contributed by atoms with van der Waals surface area (Å²) in [6.45, 7) is 0.133. The molecule has 1 heterocycles. The number of rotatable bonds is 5. The van der Waals surface area contributed by atoms with Crippen molar-refractivity contribution >= 4 is 17.2 Å². The Bertz CT molecular complexity index is 361. The van der Waals surface area contributed by atoms with Crippen LogP contribution in [0, 0.1) is 11.3 Å². The second-order valence-electron chi connectivity index (χ2n) is 3.83. The summed E-state index contributed by atoms with van der Waals surface area (Å²) in [4.78, 5) is 2.50. The van der Waals surface area contributed by atoms with Crippen LogP contribution in [0.5, 0.6) is 0 Å². The molecule has 0 radical (unpaired) electrons. The van der Waals surface area contributed by atoms with E-state index >= 15 is 0 Å². The van der Waals surface area contributed by atoms with Gasteiger partial charge in [0, 0.05) is 18.0 Å². The zero-order chi connectivity index (χ0) is 13.1. The SMILES string of the molecule is CN(Cc1cccs1)CC(C(=N)N)C(F)(F)F. The van der Waals surface area contributed by atoms with Gasteiger partial charge in [-0.15, -0.1) is 11.3 Å². The first-order chi connectivity index (χ1) is 7.80. The van der Waals surface area contributed by atoms with E-state index in [1.54, 1.807) is 7.05 Å². The fraction of sp³-hybridized carbons (Fsp3) is 0.500. The molecular weight excluding hydrogens is 251 g/mol. The van der Waals surface area contributed by atoms with Crippen LogP contribution < -0.4 is 5.73 Å². The second kappa shape index (κ2) is 5.50. The normalized spacial score (nSPS) is 13.9. The van der Waals surface area contributed by atoms with Gasteiger partial charge in [0.25, 0.3) is 0 Å². The molecule has 0 aliphatic rings. The molecule has 96 valence electrons. The molecule has 0 spiro atoms. The Hall–Kier alpha value is -1.08. The molecule has 0 saturated heterocycles. The molecular formula is C10H14F3N3S. The first kappa shape index (κ1) is 14.0. The molecule has 3 nitrogen and oxygen atoms in total. The zero-order valence-corrected chi connectivity index (χ0v) is 10.1. The standard InChI is InChI=1S/C10H14F3N3S/c1-16(5-7-3-2-4-17-7)6-8(9(14)15)10(11,12)13/h2-4,8H,5-6H2,1H3,(H3,14,15). The highest BCUT2D eigenvalue weighted by Gasteiger charge is 2.42. The van der Waals surface area contributed by atoms with Gasteiger partial charge in [0.2, 0.25) is 0 Å². The van der Waals surface area contributed by atoms with E-state index in [0.717, 1.165) is 4.88 Å². The van der Waals surface area contributed by atoms with E-state index in [4.69, 9.17) is 11.1 Å². The van der Waals surface area contributed by atoms with Gasteiger partial charge in [-0.1, -0.05) is 6.07 Å². The van der Waals surface area contributed by atoms with Crippen LogP contribution in [-0.4, -0.2) is 30.5 Å². The summed E-state index contributed by atoms with van der Waals surface area (Å²) in [5, 5.41) is 8.85. The molecule has 0 saturated carbocycles. The number of hydrogen-bond acceptors (Lipinski definition) is 3. The lowest BCUT2D eigenvalue weighted by molar-refractivity contribution is -0.159. The van der Waals surface area contributed by atoms with Crippen LogP contribution in [0.25, 0.3) is 0 Å². The minimum absolute atomic E-state index is 0.295. The minimum atomic E-state index is -4.46. The number of thiophene rings is 1. The van der Waals surface area contributed by atoms with Gasteiger partial charge in [-0.25, -0.2) is 0 Å². The Balaban J connectivity index is 2.59. The van der Waals surface area contributed by atoms with E-state index in [-0.39, 0.29) is 6.54 Å². The molecule has 1 rings (SSSR count). The van der Waals surface area contributed by atoms with Crippen molar-refractivity contribution in [2.45, 2.75) is 12.7 Å². The lowest BCUT2D eigenvalue weighted by Crippen LogP contribution is -2.42. The van der Waals surface area contributed by atoms with Crippen molar-refractivity contribution in [2.75, 3.05) is 13.6 Å². The van der Waals surface area contributed by atoms with Crippen molar-refractivity contribution in [3.8, 4) is 0 Å². The first-order valence-electron chi connectivity index (χ1n) is 4.92. The molecule has 0 fully saturated rings. The molecule has 1 unspecified atom stereocenters. The van der Waals surface area contributed by atoms with Gasteiger partial charge in [0.1, 0.15) is 11.8 Å². The number of nitrogens with one attached hydrogen (secondary N) is 1. The third-order valence-electron chi connectivity index (χ3n) is 2.27. The van der Waals surface area contributed by atoms with Gasteiger partial charge in [0.15, 0.2) is 0 Å². The molecule has 0 aromatic carbocycles. The highest BCUT2D eigenvalue weighted by molar-refractivity contribution is 7.09. The molecule has 1 aromatic heterocycles. The number of amidine groups is 1. The van der Waals surface area contributed by atoms with Gasteiger partial charge in [-0.2, -0.15) is 13.2 Å². The lowest BCUT2D eigenvalue weighted by Gasteiger charge is -2.24. The van der Waals surface area contributed by atoms with Crippen LogP contribution in [0.4, 0.5) is 13.2 Å². The fourth-order valence-electron chi connectivity index (χ4n) is 1.42. The maximum absolute atomic E-state index is 12.6. The molecule has 17 heavy (non-hydrogen) atoms. The number of nitrogens with zero attached hydrogens (tertiary/aromatic N) is 1. The topological polar surface area (TPSA) is 53.1 Å². The second-order valence-corrected chi connectivity index (χ2v) is 4.86. The first-order valence-corrected chi connectivity index (χ1v) is 5.80. The van der Waals surface area contributed by atoms with Crippen LogP contribution in [0.2, 0.25) is 0 Å². The summed E-state index contributed by atoms with van der Waals surface area (Å²) in [6, 6.07) is 3.71. The van der Waals surface area contributed by atoms with Crippen LogP contribution in [0.3, 0.4) is 0 Å². The summed E-state index contributed by atoms with van der Waals surface area (Å²) < 4.78 is 37.7. The van der Waals surface area contributed by atoms with E-state index in [9.17, 15) is 13.2 Å². The summed E-state index contributed by atoms with van der Waals surface area (Å²) >= 11 is 1.49. The van der Waals surface area contributed by atoms with Gasteiger partial charge in [0.05, 0.1) is 0 Å². The molecule has 1 aromatic rings. The van der Waals surface area contributed by atoms with Gasteiger partial charge in [-0.05, 0) is 18.5 Å². The molecule has 0 aliphatic carbocycles. The summed E-state index contributed by atoms with van der Waals surface area (Å²) in [6.07, 6.45) is -4.46. The minimum Gasteiger partial charge on any atom is -0.387 e. The number of halogens is 3. The highest BCUT2D eigenvalue weighted by Crippen LogP contribution is 2.27. The Morgan fingerprint density at radius 3 is 2.65 bits per heavy atom. The smallest absolute Gasteiger partial charge is 0.387 e. The van der Waals surface area contributed by atoms with Crippen molar-refractivity contribution < 1.29 is 13.2 Å². The zero-order valence-electron chi connectivity index (χ0n) is 9.29. The highest BCUT2D eigenvalue weighted by atomic mass is 32.1. The van der Waals surface area contributed by atoms with Crippen molar-refractivity contribution in [3.05, 3.63) is 22.4 Å². The lowest BCUT2D eigenvalue weighted by atomic mass is 10.1. The van der Waals surface area contributed by atoms with Gasteiger partial charge in [-0.3, -0.25) is 5.41 Å². The Labute approximate surface area is 102 Å². The van der Waals surface area contributed by atoms with E-state index in [1.165, 1.54) is 16.2 Å². The Kier molecular flexibility index (Phi) is 4.53. The maximum atomic E-state index is 12.6. The summed E-state index contributed by atoms with van der Waals surface area (Å²) in [5.41, 5.74) is 4.98. The van der Waals surface area contributed by atoms with Crippen molar-refractivity contribution in [1.82, 2.24) is 4.90 Å². The monoisotopic (exact) mass is 265 g/mol. The molecule has 7 heteroatoms. The average molecular weight is 265 g/mol. The molecule has 0 aliphatic heterocycles. The van der Waals surface area contributed by atoms with E-state index in [0.29, 0.717) is 6.54 Å². The van der Waals surface area contributed by atoms with Crippen LogP contribution in [0.1, 0.15) is 4.88 Å². The third kappa shape index (κ3) is 4.35. The van der Waals surface area contributed by atoms with Crippen molar-refractivity contribution in [1.29, 1.82) is 5.41 Å². The van der Waals surface area contributed by atoms with Crippen LogP contribution in [0.15, 0.2) is 17.5 Å². The number of alkyl halides is 3. The predicted octanol–water partition coefficient (Wildman–Crippen LogP) is 2.29. The van der Waals surface area contributed by atoms with Crippen molar-refractivity contribution in [2.24, 2.45) is 11.7 Å². The third-order valence-corrected chi connectivity index (χ3v) is 3.13. The molecule has 0 bridgehead atoms. The van der Waals surface area contributed by atoms with E-state index in [2.05, 4.69) is 0 Å². The quantitative estimate of drug-likeness (QED) is 0.634. The maximum Gasteiger partial charge on any atom is 0.399 e. The predicted molar refractivity (Wildman–Crippen MR) is 62.1 cm³/mol. The number of hydrogen-bond donors (Lipinski definition) is 2. The van der Waals surface area contributed by atoms with Gasteiger partial charge >= 0.3 is 6.18 Å². The van der Waals surface area contributed by atoms with Gasteiger partial charge < -0.3 is 10.6 Å². The molecule has 1 atom stereocenters. The fourth-order valence-corrected chi connectivity index (χ4v) is 2.21. The Morgan fingerprint density at radius 1 is 1.59 bits per heavy atom. The largest absolute Gasteiger partial charge is 0.399 e. The Morgan fingerprint density at radius 2 is 2.24 bits per heavy atom. The average Bonchev–Trinajstić information content (AvgIpc) is 2.64. The van der Waals surface area contributed by atoms with Crippen LogP contribution >= 0.6 is 11.3 Å². The summed E-state index contributed by atoms with van der Waals surface area (Å²) in [7, 11) is 1.58. The van der Waals surface area contributed by atoms with Crippen molar-refractivity contribution in [3.63, 3.8) is 0 Å². The number of nitrogens with two attached hydrogens (primary N) is 1. The van der Waals surface area contributed by atoms with Crippen LogP contribution in [-0.2, 0) is 6.54 Å². The van der Waals surface area contributed by atoms with E-state index < -0.39 is 17.9 Å². The molecule has 0 amide bonds. The summed E-state index contributed by atoms with van der Waals surface area (Å²) in [5.74, 6) is -2.73.